The Bertz CT molecular complexity index is 1160. The summed E-state index contributed by atoms with van der Waals surface area (Å²) in [5.41, 5.74) is 1.58. The first kappa shape index (κ1) is 24.3. The maximum absolute atomic E-state index is 12.6. The summed E-state index contributed by atoms with van der Waals surface area (Å²) in [6, 6.07) is 3.59. The lowest BCUT2D eigenvalue weighted by molar-refractivity contribution is -0.143. The number of likely N-dealkylation sites (tertiary alicyclic amines) is 1. The fourth-order valence-electron chi connectivity index (χ4n) is 5.24. The van der Waals surface area contributed by atoms with Crippen LogP contribution in [0.3, 0.4) is 0 Å². The van der Waals surface area contributed by atoms with Gasteiger partial charge in [0.05, 0.1) is 5.60 Å². The van der Waals surface area contributed by atoms with Crippen molar-refractivity contribution in [3.05, 3.63) is 39.2 Å². The van der Waals surface area contributed by atoms with Crippen molar-refractivity contribution in [2.45, 2.75) is 64.9 Å². The van der Waals surface area contributed by atoms with Gasteiger partial charge in [0.25, 0.3) is 5.91 Å². The van der Waals surface area contributed by atoms with Gasteiger partial charge in [-0.2, -0.15) is 0 Å². The van der Waals surface area contributed by atoms with Crippen LogP contribution in [-0.2, 0) is 9.59 Å². The first-order valence-electron chi connectivity index (χ1n) is 12.1. The Morgan fingerprint density at radius 2 is 1.97 bits per heavy atom. The minimum atomic E-state index is -0.610. The minimum absolute atomic E-state index is 0.0000857. The molecule has 2 N–H and O–H groups in total. The molecule has 184 valence electrons. The molecule has 1 aromatic carbocycles. The molecule has 2 amide bonds. The Morgan fingerprint density at radius 1 is 1.18 bits per heavy atom. The van der Waals surface area contributed by atoms with Crippen LogP contribution in [0, 0.1) is 26.7 Å². The number of aryl methyl sites for hydroxylation is 2. The highest BCUT2D eigenvalue weighted by Gasteiger charge is 2.43. The van der Waals surface area contributed by atoms with Crippen LogP contribution in [0.2, 0.25) is 0 Å². The van der Waals surface area contributed by atoms with Crippen molar-refractivity contribution in [1.29, 1.82) is 0 Å². The summed E-state index contributed by atoms with van der Waals surface area (Å²) in [5.74, 6) is 0.303. The fraction of sp³-hybridized carbons (Fsp3) is 0.577. The molecule has 0 spiro atoms. The Balaban J connectivity index is 1.26. The SMILES string of the molecule is Cc1c(C)c2ccc(OCC(=O)NCCC(=O)N3CC[C@]4(O)CCCC[C@@H]4C3)c(C)c2oc1=O. The van der Waals surface area contributed by atoms with E-state index in [-0.39, 0.29) is 42.9 Å². The minimum Gasteiger partial charge on any atom is -0.483 e. The number of nitrogens with one attached hydrogen (secondary N) is 1. The number of benzene rings is 1. The van der Waals surface area contributed by atoms with Crippen LogP contribution < -0.4 is 15.7 Å². The average molecular weight is 471 g/mol. The number of piperidine rings is 1. The molecule has 1 aromatic heterocycles. The van der Waals surface area contributed by atoms with E-state index in [9.17, 15) is 19.5 Å². The molecule has 2 atom stereocenters. The van der Waals surface area contributed by atoms with E-state index in [0.29, 0.717) is 42.0 Å². The predicted molar refractivity (Wildman–Crippen MR) is 128 cm³/mol. The van der Waals surface area contributed by atoms with Crippen LogP contribution >= 0.6 is 0 Å². The van der Waals surface area contributed by atoms with Crippen LogP contribution in [0.15, 0.2) is 21.3 Å². The zero-order valence-corrected chi connectivity index (χ0v) is 20.2. The quantitative estimate of drug-likeness (QED) is 0.629. The molecular formula is C26H34N2O6. The molecule has 0 unspecified atom stereocenters. The lowest BCUT2D eigenvalue weighted by Gasteiger charge is -2.47. The molecule has 1 aliphatic carbocycles. The van der Waals surface area contributed by atoms with E-state index >= 15 is 0 Å². The van der Waals surface area contributed by atoms with E-state index < -0.39 is 5.60 Å². The molecule has 8 heteroatoms. The van der Waals surface area contributed by atoms with E-state index in [1.54, 1.807) is 19.9 Å². The number of nitrogens with zero attached hydrogens (tertiary/aromatic N) is 1. The second kappa shape index (κ2) is 9.78. The van der Waals surface area contributed by atoms with Gasteiger partial charge in [-0.1, -0.05) is 12.8 Å². The Hall–Kier alpha value is -2.87. The van der Waals surface area contributed by atoms with E-state index in [4.69, 9.17) is 9.15 Å². The van der Waals surface area contributed by atoms with Crippen molar-refractivity contribution < 1.29 is 23.8 Å². The Morgan fingerprint density at radius 3 is 2.76 bits per heavy atom. The number of fused-ring (bicyclic) bond motifs is 2. The molecule has 0 bridgehead atoms. The smallest absolute Gasteiger partial charge is 0.339 e. The number of amides is 2. The lowest BCUT2D eigenvalue weighted by atomic mass is 9.71. The van der Waals surface area contributed by atoms with Crippen LogP contribution in [0.5, 0.6) is 5.75 Å². The van der Waals surface area contributed by atoms with E-state index in [0.717, 1.165) is 36.6 Å². The van der Waals surface area contributed by atoms with Gasteiger partial charge >= 0.3 is 5.63 Å². The average Bonchev–Trinajstić information content (AvgIpc) is 2.82. The summed E-state index contributed by atoms with van der Waals surface area (Å²) >= 11 is 0. The Labute approximate surface area is 199 Å². The van der Waals surface area contributed by atoms with Crippen LogP contribution in [0.25, 0.3) is 11.0 Å². The van der Waals surface area contributed by atoms with Gasteiger partial charge in [0.2, 0.25) is 5.91 Å². The highest BCUT2D eigenvalue weighted by molar-refractivity contribution is 5.86. The molecule has 1 saturated heterocycles. The molecule has 1 aliphatic heterocycles. The highest BCUT2D eigenvalue weighted by atomic mass is 16.5. The maximum atomic E-state index is 12.6. The molecule has 2 aliphatic rings. The van der Waals surface area contributed by atoms with Crippen molar-refractivity contribution in [2.75, 3.05) is 26.2 Å². The standard InChI is InChI=1S/C26H34N2O6/c1-16-17(2)25(31)34-24-18(3)21(8-7-20(16)24)33-15-22(29)27-12-9-23(30)28-13-11-26(32)10-5-4-6-19(26)14-28/h7-8,19,32H,4-6,9-15H2,1-3H3,(H,27,29)/t19-,26-/m1/s1. The third-order valence-electron chi connectivity index (χ3n) is 7.62. The number of aliphatic hydroxyl groups is 1. The summed E-state index contributed by atoms with van der Waals surface area (Å²) in [4.78, 5) is 38.7. The predicted octanol–water partition coefficient (Wildman–Crippen LogP) is 2.76. The number of hydrogen-bond acceptors (Lipinski definition) is 6. The molecule has 1 saturated carbocycles. The molecule has 8 nitrogen and oxygen atoms in total. The first-order valence-corrected chi connectivity index (χ1v) is 12.1. The summed E-state index contributed by atoms with van der Waals surface area (Å²) in [6.07, 6.45) is 4.81. The largest absolute Gasteiger partial charge is 0.483 e. The van der Waals surface area contributed by atoms with E-state index in [1.165, 1.54) is 0 Å². The summed E-state index contributed by atoms with van der Waals surface area (Å²) in [5, 5.41) is 14.4. The van der Waals surface area contributed by atoms with Crippen molar-refractivity contribution >= 4 is 22.8 Å². The van der Waals surface area contributed by atoms with Gasteiger partial charge in [0.1, 0.15) is 11.3 Å². The van der Waals surface area contributed by atoms with Gasteiger partial charge in [-0.3, -0.25) is 9.59 Å². The van der Waals surface area contributed by atoms with Crippen molar-refractivity contribution in [1.82, 2.24) is 10.2 Å². The fourth-order valence-corrected chi connectivity index (χ4v) is 5.24. The monoisotopic (exact) mass is 470 g/mol. The number of carbonyl (C=O) groups is 2. The maximum Gasteiger partial charge on any atom is 0.339 e. The summed E-state index contributed by atoms with van der Waals surface area (Å²) in [6.45, 7) is 6.60. The van der Waals surface area contributed by atoms with Crippen molar-refractivity contribution in [2.24, 2.45) is 5.92 Å². The van der Waals surface area contributed by atoms with Gasteiger partial charge in [0, 0.05) is 48.5 Å². The van der Waals surface area contributed by atoms with Gasteiger partial charge < -0.3 is 24.5 Å². The first-order chi connectivity index (χ1) is 16.2. The molecule has 4 rings (SSSR count). The zero-order chi connectivity index (χ0) is 24.5. The molecule has 2 heterocycles. The molecule has 0 radical (unpaired) electrons. The topological polar surface area (TPSA) is 109 Å². The third-order valence-corrected chi connectivity index (χ3v) is 7.62. The number of hydrogen-bond donors (Lipinski definition) is 2. The summed E-state index contributed by atoms with van der Waals surface area (Å²) < 4.78 is 11.1. The molecule has 2 fully saturated rings. The van der Waals surface area contributed by atoms with Crippen molar-refractivity contribution in [3.63, 3.8) is 0 Å². The molecule has 2 aromatic rings. The second-order valence-corrected chi connectivity index (χ2v) is 9.73. The van der Waals surface area contributed by atoms with Crippen LogP contribution in [-0.4, -0.2) is 53.7 Å². The van der Waals surface area contributed by atoms with Gasteiger partial charge in [-0.25, -0.2) is 4.79 Å². The van der Waals surface area contributed by atoms with E-state index in [2.05, 4.69) is 5.32 Å². The van der Waals surface area contributed by atoms with E-state index in [1.807, 2.05) is 17.9 Å². The Kier molecular flexibility index (Phi) is 6.98. The third kappa shape index (κ3) is 4.82. The number of carbonyl (C=O) groups excluding carboxylic acids is 2. The van der Waals surface area contributed by atoms with Crippen molar-refractivity contribution in [3.8, 4) is 5.75 Å². The van der Waals surface area contributed by atoms with Gasteiger partial charge in [-0.15, -0.1) is 0 Å². The van der Waals surface area contributed by atoms with Gasteiger partial charge in [0.15, 0.2) is 6.61 Å². The highest BCUT2D eigenvalue weighted by Crippen LogP contribution is 2.39. The van der Waals surface area contributed by atoms with Gasteiger partial charge in [-0.05, 0) is 57.7 Å². The van der Waals surface area contributed by atoms with Crippen LogP contribution in [0.1, 0.15) is 55.2 Å². The second-order valence-electron chi connectivity index (χ2n) is 9.73. The zero-order valence-electron chi connectivity index (χ0n) is 20.2. The lowest BCUT2D eigenvalue weighted by Crippen LogP contribution is -2.54. The van der Waals surface area contributed by atoms with Crippen LogP contribution in [0.4, 0.5) is 0 Å². The number of rotatable bonds is 6. The summed E-state index contributed by atoms with van der Waals surface area (Å²) in [7, 11) is 0. The molecular weight excluding hydrogens is 436 g/mol. The molecule has 34 heavy (non-hydrogen) atoms. The number of ether oxygens (including phenoxy) is 1. The normalized spacial score (nSPS) is 22.4.